The summed E-state index contributed by atoms with van der Waals surface area (Å²) < 4.78 is 32.6. The minimum Gasteiger partial charge on any atom is -0.378 e. The number of nitrogens with one attached hydrogen (secondary N) is 1. The van der Waals surface area contributed by atoms with Crippen molar-refractivity contribution in [2.24, 2.45) is 5.92 Å². The third kappa shape index (κ3) is 4.84. The summed E-state index contributed by atoms with van der Waals surface area (Å²) in [5, 5.41) is 2.83. The van der Waals surface area contributed by atoms with E-state index < -0.39 is 10.0 Å². The number of sulfonamides is 1. The number of hydrogen-bond donors (Lipinski definition) is 1. The predicted molar refractivity (Wildman–Crippen MR) is 100 cm³/mol. The highest BCUT2D eigenvalue weighted by molar-refractivity contribution is 7.89. The molecule has 26 heavy (non-hydrogen) atoms. The Bertz CT molecular complexity index is 712. The maximum atomic E-state index is 12.7. The number of rotatable bonds is 6. The molecule has 2 heterocycles. The summed E-state index contributed by atoms with van der Waals surface area (Å²) in [6.07, 6.45) is 5.40. The first kappa shape index (κ1) is 19.3. The summed E-state index contributed by atoms with van der Waals surface area (Å²) in [5.74, 6) is 0.321. The summed E-state index contributed by atoms with van der Waals surface area (Å²) in [7, 11) is -3.46. The highest BCUT2D eigenvalue weighted by atomic mass is 32.2. The molecule has 2 aliphatic heterocycles. The molecular weight excluding hydrogens is 352 g/mol. The van der Waals surface area contributed by atoms with Crippen LogP contribution in [0.25, 0.3) is 0 Å². The molecule has 2 saturated heterocycles. The minimum absolute atomic E-state index is 0.0686. The molecule has 3 rings (SSSR count). The minimum atomic E-state index is -3.46. The van der Waals surface area contributed by atoms with Gasteiger partial charge in [-0.05, 0) is 62.3 Å². The van der Waals surface area contributed by atoms with Crippen LogP contribution in [0.3, 0.4) is 0 Å². The first-order valence-corrected chi connectivity index (χ1v) is 10.9. The van der Waals surface area contributed by atoms with Crippen LogP contribution in [0.2, 0.25) is 0 Å². The number of piperidine rings is 1. The van der Waals surface area contributed by atoms with Gasteiger partial charge >= 0.3 is 0 Å². The number of hydrogen-bond acceptors (Lipinski definition) is 4. The third-order valence-corrected chi connectivity index (χ3v) is 6.99. The second-order valence-corrected chi connectivity index (χ2v) is 9.29. The molecule has 2 fully saturated rings. The molecule has 7 heteroatoms. The van der Waals surface area contributed by atoms with Gasteiger partial charge in [0.1, 0.15) is 0 Å². The van der Waals surface area contributed by atoms with E-state index in [4.69, 9.17) is 4.74 Å². The Balaban J connectivity index is 1.56. The Morgan fingerprint density at radius 2 is 2.00 bits per heavy atom. The highest BCUT2D eigenvalue weighted by Gasteiger charge is 2.28. The molecule has 0 bridgehead atoms. The topological polar surface area (TPSA) is 75.7 Å². The molecule has 1 aromatic carbocycles. The van der Waals surface area contributed by atoms with Crippen molar-refractivity contribution < 1.29 is 17.9 Å². The number of carbonyl (C=O) groups excluding carboxylic acids is 1. The third-order valence-electron chi connectivity index (χ3n) is 5.11. The molecule has 144 valence electrons. The standard InChI is InChI=1S/C19H28N2O4S/c1-15-4-2-12-21(14-15)26(23,24)18-9-6-16(7-10-18)20-19(22)11-8-17-5-3-13-25-17/h6-7,9-10,15,17H,2-5,8,11-14H2,1H3,(H,20,22). The van der Waals surface area contributed by atoms with Gasteiger partial charge < -0.3 is 10.1 Å². The van der Waals surface area contributed by atoms with Gasteiger partial charge in [-0.1, -0.05) is 6.92 Å². The molecule has 1 N–H and O–H groups in total. The molecule has 1 amide bonds. The summed E-state index contributed by atoms with van der Waals surface area (Å²) in [5.41, 5.74) is 0.619. The van der Waals surface area contributed by atoms with E-state index in [-0.39, 0.29) is 16.9 Å². The van der Waals surface area contributed by atoms with Gasteiger partial charge in [0.05, 0.1) is 11.0 Å². The molecular formula is C19H28N2O4S. The van der Waals surface area contributed by atoms with Crippen molar-refractivity contribution in [1.82, 2.24) is 4.31 Å². The van der Waals surface area contributed by atoms with Gasteiger partial charge in [0.2, 0.25) is 15.9 Å². The number of ether oxygens (including phenoxy) is 1. The Hall–Kier alpha value is -1.44. The van der Waals surface area contributed by atoms with Crippen LogP contribution >= 0.6 is 0 Å². The van der Waals surface area contributed by atoms with Crippen LogP contribution in [-0.2, 0) is 19.6 Å². The summed E-state index contributed by atoms with van der Waals surface area (Å²) >= 11 is 0. The predicted octanol–water partition coefficient (Wildman–Crippen LogP) is 3.00. The second-order valence-electron chi connectivity index (χ2n) is 7.36. The fourth-order valence-electron chi connectivity index (χ4n) is 3.61. The maximum Gasteiger partial charge on any atom is 0.243 e. The van der Waals surface area contributed by atoms with Crippen molar-refractivity contribution in [3.05, 3.63) is 24.3 Å². The molecule has 1 aromatic rings. The van der Waals surface area contributed by atoms with E-state index in [1.165, 1.54) is 0 Å². The van der Waals surface area contributed by atoms with Crippen LogP contribution in [0.1, 0.15) is 45.4 Å². The Kier molecular flexibility index (Phi) is 6.32. The first-order chi connectivity index (χ1) is 12.4. The first-order valence-electron chi connectivity index (χ1n) is 9.47. The second kappa shape index (κ2) is 8.50. The van der Waals surface area contributed by atoms with Crippen molar-refractivity contribution in [3.8, 4) is 0 Å². The molecule has 0 aromatic heterocycles. The number of benzene rings is 1. The largest absolute Gasteiger partial charge is 0.378 e. The van der Waals surface area contributed by atoms with E-state index in [1.807, 2.05) is 0 Å². The van der Waals surface area contributed by atoms with Gasteiger partial charge in [0.25, 0.3) is 0 Å². The van der Waals surface area contributed by atoms with Gasteiger partial charge in [0, 0.05) is 31.8 Å². The van der Waals surface area contributed by atoms with Crippen molar-refractivity contribution in [1.29, 1.82) is 0 Å². The van der Waals surface area contributed by atoms with E-state index in [0.717, 1.165) is 38.7 Å². The zero-order valence-corrected chi connectivity index (χ0v) is 16.1. The van der Waals surface area contributed by atoms with Crippen LogP contribution in [0.4, 0.5) is 5.69 Å². The summed E-state index contributed by atoms with van der Waals surface area (Å²) in [4.78, 5) is 12.3. The van der Waals surface area contributed by atoms with Crippen LogP contribution in [0.15, 0.2) is 29.2 Å². The van der Waals surface area contributed by atoms with Gasteiger partial charge in [-0.3, -0.25) is 4.79 Å². The molecule has 0 saturated carbocycles. The highest BCUT2D eigenvalue weighted by Crippen LogP contribution is 2.24. The Labute approximate surface area is 156 Å². The van der Waals surface area contributed by atoms with Crippen molar-refractivity contribution in [2.45, 2.75) is 56.4 Å². The lowest BCUT2D eigenvalue weighted by molar-refractivity contribution is -0.116. The monoisotopic (exact) mass is 380 g/mol. The molecule has 6 nitrogen and oxygen atoms in total. The Morgan fingerprint density at radius 3 is 2.65 bits per heavy atom. The van der Waals surface area contributed by atoms with Crippen LogP contribution in [0.5, 0.6) is 0 Å². The van der Waals surface area contributed by atoms with E-state index in [0.29, 0.717) is 31.1 Å². The van der Waals surface area contributed by atoms with Gasteiger partial charge in [-0.2, -0.15) is 4.31 Å². The average Bonchev–Trinajstić information content (AvgIpc) is 3.14. The summed E-state index contributed by atoms with van der Waals surface area (Å²) in [6.45, 7) is 4.02. The fraction of sp³-hybridized carbons (Fsp3) is 0.632. The molecule has 0 spiro atoms. The molecule has 0 radical (unpaired) electrons. The van der Waals surface area contributed by atoms with Crippen molar-refractivity contribution in [2.75, 3.05) is 25.0 Å². The number of carbonyl (C=O) groups is 1. The zero-order chi connectivity index (χ0) is 18.6. The van der Waals surface area contributed by atoms with Gasteiger partial charge in [0.15, 0.2) is 0 Å². The fourth-order valence-corrected chi connectivity index (χ4v) is 5.21. The van der Waals surface area contributed by atoms with Gasteiger partial charge in [-0.15, -0.1) is 0 Å². The van der Waals surface area contributed by atoms with E-state index in [9.17, 15) is 13.2 Å². The van der Waals surface area contributed by atoms with E-state index >= 15 is 0 Å². The average molecular weight is 381 g/mol. The van der Waals surface area contributed by atoms with Crippen LogP contribution < -0.4 is 5.32 Å². The smallest absolute Gasteiger partial charge is 0.243 e. The van der Waals surface area contributed by atoms with Crippen LogP contribution in [-0.4, -0.2) is 44.4 Å². The number of amides is 1. The lowest BCUT2D eigenvalue weighted by Gasteiger charge is -2.30. The molecule has 0 aliphatic carbocycles. The van der Waals surface area contributed by atoms with E-state index in [2.05, 4.69) is 12.2 Å². The van der Waals surface area contributed by atoms with Crippen LogP contribution in [0, 0.1) is 5.92 Å². The molecule has 2 aliphatic rings. The lowest BCUT2D eigenvalue weighted by atomic mass is 10.0. The zero-order valence-electron chi connectivity index (χ0n) is 15.3. The number of nitrogens with zero attached hydrogens (tertiary/aromatic N) is 1. The maximum absolute atomic E-state index is 12.7. The van der Waals surface area contributed by atoms with Gasteiger partial charge in [-0.25, -0.2) is 8.42 Å². The van der Waals surface area contributed by atoms with E-state index in [1.54, 1.807) is 28.6 Å². The molecule has 2 unspecified atom stereocenters. The normalized spacial score (nSPS) is 24.5. The SMILES string of the molecule is CC1CCCN(S(=O)(=O)c2ccc(NC(=O)CCC3CCCO3)cc2)C1. The quantitative estimate of drug-likeness (QED) is 0.823. The van der Waals surface area contributed by atoms with Crippen molar-refractivity contribution >= 4 is 21.6 Å². The summed E-state index contributed by atoms with van der Waals surface area (Å²) in [6, 6.07) is 6.46. The lowest BCUT2D eigenvalue weighted by Crippen LogP contribution is -2.39. The van der Waals surface area contributed by atoms with Crippen molar-refractivity contribution in [3.63, 3.8) is 0 Å². The number of anilines is 1. The molecule has 2 atom stereocenters. The Morgan fingerprint density at radius 1 is 1.23 bits per heavy atom.